The van der Waals surface area contributed by atoms with Crippen molar-refractivity contribution in [2.45, 2.75) is 19.8 Å². The number of nitrogens with two attached hydrogens (primary N) is 1. The maximum Gasteiger partial charge on any atom is 0.217 e. The fourth-order valence-electron chi connectivity index (χ4n) is 1.78. The molecule has 3 nitrogen and oxygen atoms in total. The summed E-state index contributed by atoms with van der Waals surface area (Å²) in [7, 11) is 0. The largest absolute Gasteiger partial charge is 0.370 e. The van der Waals surface area contributed by atoms with Crippen LogP contribution in [0.4, 0.5) is 0 Å². The smallest absolute Gasteiger partial charge is 0.217 e. The first-order valence-corrected chi connectivity index (χ1v) is 5.29. The minimum absolute atomic E-state index is 0.286. The van der Waals surface area contributed by atoms with Gasteiger partial charge in [0, 0.05) is 23.7 Å². The SMILES string of the molecule is Cc1ccc2ccnc(CCC(N)=O)c2c1. The highest BCUT2D eigenvalue weighted by Gasteiger charge is 2.04. The summed E-state index contributed by atoms with van der Waals surface area (Å²) in [5, 5.41) is 2.27. The van der Waals surface area contributed by atoms with Gasteiger partial charge in [-0.3, -0.25) is 9.78 Å². The molecule has 0 bridgehead atoms. The molecule has 2 aromatic rings. The van der Waals surface area contributed by atoms with Crippen LogP contribution in [0, 0.1) is 6.92 Å². The van der Waals surface area contributed by atoms with Crippen molar-refractivity contribution in [1.82, 2.24) is 4.98 Å². The van der Waals surface area contributed by atoms with Gasteiger partial charge in [0.1, 0.15) is 0 Å². The van der Waals surface area contributed by atoms with Gasteiger partial charge in [-0.1, -0.05) is 17.7 Å². The Morgan fingerprint density at radius 3 is 2.94 bits per heavy atom. The number of aromatic nitrogens is 1. The van der Waals surface area contributed by atoms with Crippen molar-refractivity contribution in [2.24, 2.45) is 5.73 Å². The van der Waals surface area contributed by atoms with E-state index in [2.05, 4.69) is 23.2 Å². The van der Waals surface area contributed by atoms with Crippen molar-refractivity contribution in [3.05, 3.63) is 41.7 Å². The van der Waals surface area contributed by atoms with Crippen molar-refractivity contribution in [3.8, 4) is 0 Å². The molecule has 0 fully saturated rings. The zero-order valence-electron chi connectivity index (χ0n) is 9.23. The maximum atomic E-state index is 10.8. The van der Waals surface area contributed by atoms with E-state index in [0.29, 0.717) is 12.8 Å². The van der Waals surface area contributed by atoms with Gasteiger partial charge in [0.05, 0.1) is 0 Å². The first-order valence-electron chi connectivity index (χ1n) is 5.29. The van der Waals surface area contributed by atoms with Crippen LogP contribution in [0.3, 0.4) is 0 Å². The summed E-state index contributed by atoms with van der Waals surface area (Å²) in [6.45, 7) is 2.05. The third kappa shape index (κ3) is 2.19. The van der Waals surface area contributed by atoms with Crippen molar-refractivity contribution < 1.29 is 4.79 Å². The average molecular weight is 214 g/mol. The van der Waals surface area contributed by atoms with Crippen LogP contribution in [-0.2, 0) is 11.2 Å². The predicted molar refractivity (Wildman–Crippen MR) is 64.0 cm³/mol. The lowest BCUT2D eigenvalue weighted by molar-refractivity contribution is -0.117. The number of carbonyl (C=O) groups excluding carboxylic acids is 1. The van der Waals surface area contributed by atoms with E-state index in [1.165, 1.54) is 5.56 Å². The number of carbonyl (C=O) groups is 1. The lowest BCUT2D eigenvalue weighted by atomic mass is 10.0. The average Bonchev–Trinajstić information content (AvgIpc) is 2.26. The number of amides is 1. The lowest BCUT2D eigenvalue weighted by Gasteiger charge is -2.05. The van der Waals surface area contributed by atoms with E-state index in [-0.39, 0.29) is 5.91 Å². The summed E-state index contributed by atoms with van der Waals surface area (Å²) in [6.07, 6.45) is 2.73. The molecule has 1 aromatic carbocycles. The summed E-state index contributed by atoms with van der Waals surface area (Å²) in [5.41, 5.74) is 7.29. The number of benzene rings is 1. The third-order valence-electron chi connectivity index (χ3n) is 2.61. The molecule has 1 amide bonds. The van der Waals surface area contributed by atoms with Crippen LogP contribution in [0.15, 0.2) is 30.5 Å². The van der Waals surface area contributed by atoms with E-state index in [9.17, 15) is 4.79 Å². The Morgan fingerprint density at radius 2 is 2.19 bits per heavy atom. The van der Waals surface area contributed by atoms with E-state index in [1.807, 2.05) is 13.0 Å². The third-order valence-corrected chi connectivity index (χ3v) is 2.61. The molecule has 0 aliphatic rings. The molecule has 1 heterocycles. The van der Waals surface area contributed by atoms with E-state index in [1.54, 1.807) is 6.20 Å². The highest BCUT2D eigenvalue weighted by Crippen LogP contribution is 2.19. The summed E-state index contributed by atoms with van der Waals surface area (Å²) in [4.78, 5) is 15.1. The number of rotatable bonds is 3. The van der Waals surface area contributed by atoms with Gasteiger partial charge in [-0.25, -0.2) is 0 Å². The fraction of sp³-hybridized carbons (Fsp3) is 0.231. The standard InChI is InChI=1S/C13H14N2O/c1-9-2-3-10-6-7-15-12(11(10)8-9)4-5-13(14)16/h2-3,6-8H,4-5H2,1H3,(H2,14,16). The van der Waals surface area contributed by atoms with Gasteiger partial charge in [0.15, 0.2) is 0 Å². The van der Waals surface area contributed by atoms with Crippen molar-refractivity contribution >= 4 is 16.7 Å². The molecule has 0 unspecified atom stereocenters. The van der Waals surface area contributed by atoms with Crippen LogP contribution < -0.4 is 5.73 Å². The van der Waals surface area contributed by atoms with Crippen LogP contribution in [0.5, 0.6) is 0 Å². The zero-order chi connectivity index (χ0) is 11.5. The molecule has 2 N–H and O–H groups in total. The fourth-order valence-corrected chi connectivity index (χ4v) is 1.78. The van der Waals surface area contributed by atoms with Gasteiger partial charge in [-0.15, -0.1) is 0 Å². The molecular formula is C13H14N2O. The summed E-state index contributed by atoms with van der Waals surface area (Å²) < 4.78 is 0. The highest BCUT2D eigenvalue weighted by atomic mass is 16.1. The molecule has 2 rings (SSSR count). The molecule has 0 radical (unpaired) electrons. The number of hydrogen-bond donors (Lipinski definition) is 1. The number of fused-ring (bicyclic) bond motifs is 1. The first-order chi connectivity index (χ1) is 7.66. The number of hydrogen-bond acceptors (Lipinski definition) is 2. The Kier molecular flexibility index (Phi) is 2.86. The van der Waals surface area contributed by atoms with Gasteiger partial charge in [-0.05, 0) is 30.9 Å². The Bertz CT molecular complexity index is 534. The topological polar surface area (TPSA) is 56.0 Å². The van der Waals surface area contributed by atoms with Crippen molar-refractivity contribution in [1.29, 1.82) is 0 Å². The molecule has 0 spiro atoms. The molecule has 0 saturated carbocycles. The van der Waals surface area contributed by atoms with E-state index in [0.717, 1.165) is 16.5 Å². The first kappa shape index (κ1) is 10.6. The van der Waals surface area contributed by atoms with Gasteiger partial charge < -0.3 is 5.73 Å². The Labute approximate surface area is 94.3 Å². The monoisotopic (exact) mass is 214 g/mol. The second-order valence-electron chi connectivity index (χ2n) is 3.95. The lowest BCUT2D eigenvalue weighted by Crippen LogP contribution is -2.11. The second kappa shape index (κ2) is 4.31. The Morgan fingerprint density at radius 1 is 1.38 bits per heavy atom. The summed E-state index contributed by atoms with van der Waals surface area (Å²) >= 11 is 0. The molecule has 1 aromatic heterocycles. The van der Waals surface area contributed by atoms with Gasteiger partial charge in [0.25, 0.3) is 0 Å². The maximum absolute atomic E-state index is 10.8. The minimum Gasteiger partial charge on any atom is -0.370 e. The Hall–Kier alpha value is -1.90. The summed E-state index contributed by atoms with van der Waals surface area (Å²) in [5.74, 6) is -0.286. The quantitative estimate of drug-likeness (QED) is 0.849. The van der Waals surface area contributed by atoms with Crippen LogP contribution in [-0.4, -0.2) is 10.9 Å². The van der Waals surface area contributed by atoms with Crippen LogP contribution in [0.1, 0.15) is 17.7 Å². The van der Waals surface area contributed by atoms with Crippen LogP contribution >= 0.6 is 0 Å². The highest BCUT2D eigenvalue weighted by molar-refractivity contribution is 5.85. The number of aryl methyl sites for hydroxylation is 2. The van der Waals surface area contributed by atoms with Crippen LogP contribution in [0.2, 0.25) is 0 Å². The molecule has 0 atom stereocenters. The molecule has 0 aliphatic carbocycles. The van der Waals surface area contributed by atoms with Crippen molar-refractivity contribution in [3.63, 3.8) is 0 Å². The number of primary amides is 1. The van der Waals surface area contributed by atoms with Gasteiger partial charge in [0.2, 0.25) is 5.91 Å². The molecule has 82 valence electrons. The van der Waals surface area contributed by atoms with Crippen LogP contribution in [0.25, 0.3) is 10.8 Å². The molecule has 16 heavy (non-hydrogen) atoms. The molecule has 3 heteroatoms. The van der Waals surface area contributed by atoms with Gasteiger partial charge in [-0.2, -0.15) is 0 Å². The van der Waals surface area contributed by atoms with Gasteiger partial charge >= 0.3 is 0 Å². The number of nitrogens with zero attached hydrogens (tertiary/aromatic N) is 1. The molecule has 0 aliphatic heterocycles. The molecule has 0 saturated heterocycles. The Balaban J connectivity index is 2.43. The van der Waals surface area contributed by atoms with Crippen molar-refractivity contribution in [2.75, 3.05) is 0 Å². The van der Waals surface area contributed by atoms with E-state index >= 15 is 0 Å². The minimum atomic E-state index is -0.286. The normalized spacial score (nSPS) is 10.6. The van der Waals surface area contributed by atoms with E-state index in [4.69, 9.17) is 5.73 Å². The zero-order valence-corrected chi connectivity index (χ0v) is 9.23. The predicted octanol–water partition coefficient (Wildman–Crippen LogP) is 1.96. The summed E-state index contributed by atoms with van der Waals surface area (Å²) in [6, 6.07) is 8.21. The molecular weight excluding hydrogens is 200 g/mol. The second-order valence-corrected chi connectivity index (χ2v) is 3.95. The number of pyridine rings is 1. The van der Waals surface area contributed by atoms with E-state index < -0.39 is 0 Å².